The second-order valence-corrected chi connectivity index (χ2v) is 5.46. The van der Waals surface area contributed by atoms with Crippen LogP contribution in [0.2, 0.25) is 0 Å². The monoisotopic (exact) mass is 298 g/mol. The molecule has 94 valence electrons. The lowest BCUT2D eigenvalue weighted by molar-refractivity contribution is 0.286. The highest BCUT2D eigenvalue weighted by molar-refractivity contribution is 9.10. The zero-order valence-electron chi connectivity index (χ0n) is 10.1. The van der Waals surface area contributed by atoms with E-state index in [4.69, 9.17) is 5.11 Å². The molecule has 0 aliphatic carbocycles. The Morgan fingerprint density at radius 1 is 1.53 bits per heavy atom. The third-order valence-electron chi connectivity index (χ3n) is 3.23. The number of nitrogens with one attached hydrogen (secondary N) is 1. The molecule has 1 heterocycles. The van der Waals surface area contributed by atoms with Gasteiger partial charge in [-0.25, -0.2) is 0 Å². The van der Waals surface area contributed by atoms with Gasteiger partial charge >= 0.3 is 0 Å². The average Bonchev–Trinajstić information content (AvgIpc) is 2.75. The zero-order valence-corrected chi connectivity index (χ0v) is 11.7. The van der Waals surface area contributed by atoms with Crippen molar-refractivity contribution in [1.82, 2.24) is 5.32 Å². The number of rotatable bonds is 4. The van der Waals surface area contributed by atoms with Gasteiger partial charge in [0.05, 0.1) is 6.61 Å². The molecule has 0 radical (unpaired) electrons. The second-order valence-electron chi connectivity index (χ2n) is 4.54. The Morgan fingerprint density at radius 2 is 2.35 bits per heavy atom. The average molecular weight is 299 g/mol. The Morgan fingerprint density at radius 3 is 3.06 bits per heavy atom. The number of aliphatic hydroxyl groups is 1. The van der Waals surface area contributed by atoms with E-state index < -0.39 is 0 Å². The Kier molecular flexibility index (Phi) is 4.42. The zero-order chi connectivity index (χ0) is 12.3. The van der Waals surface area contributed by atoms with Gasteiger partial charge in [0, 0.05) is 35.8 Å². The van der Waals surface area contributed by atoms with E-state index in [-0.39, 0.29) is 6.61 Å². The van der Waals surface area contributed by atoms with Crippen LogP contribution in [0.25, 0.3) is 0 Å². The highest BCUT2D eigenvalue weighted by atomic mass is 79.9. The van der Waals surface area contributed by atoms with E-state index in [0.717, 1.165) is 24.0 Å². The van der Waals surface area contributed by atoms with Crippen LogP contribution < -0.4 is 10.2 Å². The first kappa shape index (κ1) is 12.9. The molecule has 0 saturated carbocycles. The summed E-state index contributed by atoms with van der Waals surface area (Å²) in [6, 6.07) is 6.93. The molecule has 1 atom stereocenters. The van der Waals surface area contributed by atoms with E-state index in [1.807, 2.05) is 0 Å². The fraction of sp³-hybridized carbons (Fsp3) is 0.538. The summed E-state index contributed by atoms with van der Waals surface area (Å²) in [6.07, 6.45) is 1.15. The minimum absolute atomic E-state index is 0.216. The summed E-state index contributed by atoms with van der Waals surface area (Å²) in [5.41, 5.74) is 2.63. The molecular weight excluding hydrogens is 280 g/mol. The summed E-state index contributed by atoms with van der Waals surface area (Å²) >= 11 is 3.49. The van der Waals surface area contributed by atoms with E-state index in [1.54, 1.807) is 0 Å². The van der Waals surface area contributed by atoms with Crippen molar-refractivity contribution in [3.05, 3.63) is 28.2 Å². The molecule has 0 bridgehead atoms. The molecule has 1 unspecified atom stereocenters. The Labute approximate surface area is 111 Å². The van der Waals surface area contributed by atoms with Gasteiger partial charge in [0.25, 0.3) is 0 Å². The quantitative estimate of drug-likeness (QED) is 0.891. The number of aliphatic hydroxyl groups excluding tert-OH is 1. The maximum absolute atomic E-state index is 8.80. The van der Waals surface area contributed by atoms with Crippen LogP contribution in [0.15, 0.2) is 22.7 Å². The van der Waals surface area contributed by atoms with Crippen molar-refractivity contribution >= 4 is 21.6 Å². The number of hydrogen-bond acceptors (Lipinski definition) is 3. The maximum atomic E-state index is 8.80. The summed E-state index contributed by atoms with van der Waals surface area (Å²) in [6.45, 7) is 5.17. The summed E-state index contributed by atoms with van der Waals surface area (Å²) in [7, 11) is 0. The highest BCUT2D eigenvalue weighted by Gasteiger charge is 2.22. The van der Waals surface area contributed by atoms with E-state index >= 15 is 0 Å². The molecule has 4 heteroatoms. The number of anilines is 1. The van der Waals surface area contributed by atoms with Crippen molar-refractivity contribution in [3.8, 4) is 0 Å². The summed E-state index contributed by atoms with van der Waals surface area (Å²) in [5.74, 6) is 0. The molecule has 1 aromatic rings. The summed E-state index contributed by atoms with van der Waals surface area (Å²) < 4.78 is 1.13. The Bertz CT molecular complexity index is 384. The largest absolute Gasteiger partial charge is 0.395 e. The minimum atomic E-state index is 0.216. The number of hydrogen-bond donors (Lipinski definition) is 2. The molecule has 17 heavy (non-hydrogen) atoms. The Hall–Kier alpha value is -0.580. The first-order valence-electron chi connectivity index (χ1n) is 6.06. The third-order valence-corrected chi connectivity index (χ3v) is 3.73. The van der Waals surface area contributed by atoms with E-state index in [2.05, 4.69) is 51.3 Å². The number of aryl methyl sites for hydroxylation is 1. The van der Waals surface area contributed by atoms with Crippen molar-refractivity contribution in [1.29, 1.82) is 0 Å². The number of benzene rings is 1. The van der Waals surface area contributed by atoms with Crippen molar-refractivity contribution in [2.75, 3.05) is 31.1 Å². The molecule has 2 N–H and O–H groups in total. The van der Waals surface area contributed by atoms with Gasteiger partial charge in [-0.1, -0.05) is 15.9 Å². The van der Waals surface area contributed by atoms with Gasteiger partial charge in [0.1, 0.15) is 0 Å². The standard InChI is InChI=1S/C13H19BrN2O/c1-10-8-11(14)2-3-13(10)16-6-4-12(9-16)15-5-7-17/h2-3,8,12,15,17H,4-7,9H2,1H3. The highest BCUT2D eigenvalue weighted by Crippen LogP contribution is 2.26. The van der Waals surface area contributed by atoms with Crippen LogP contribution in [-0.2, 0) is 0 Å². The lowest BCUT2D eigenvalue weighted by Crippen LogP contribution is -2.34. The van der Waals surface area contributed by atoms with Crippen molar-refractivity contribution in [3.63, 3.8) is 0 Å². The number of halogens is 1. The molecule has 1 aliphatic heterocycles. The topological polar surface area (TPSA) is 35.5 Å². The van der Waals surface area contributed by atoms with Crippen molar-refractivity contribution in [2.45, 2.75) is 19.4 Å². The molecule has 1 saturated heterocycles. The van der Waals surface area contributed by atoms with E-state index in [0.29, 0.717) is 12.6 Å². The van der Waals surface area contributed by atoms with Gasteiger partial charge in [0.15, 0.2) is 0 Å². The van der Waals surface area contributed by atoms with Crippen molar-refractivity contribution < 1.29 is 5.11 Å². The molecule has 1 aliphatic rings. The summed E-state index contributed by atoms with van der Waals surface area (Å²) in [4.78, 5) is 2.41. The van der Waals surface area contributed by atoms with Gasteiger partial charge in [-0.2, -0.15) is 0 Å². The van der Waals surface area contributed by atoms with Gasteiger partial charge in [-0.15, -0.1) is 0 Å². The summed E-state index contributed by atoms with van der Waals surface area (Å²) in [5, 5.41) is 12.2. The first-order chi connectivity index (χ1) is 8.20. The third kappa shape index (κ3) is 3.21. The van der Waals surface area contributed by atoms with Crippen LogP contribution in [0.5, 0.6) is 0 Å². The molecule has 3 nitrogen and oxygen atoms in total. The van der Waals surface area contributed by atoms with Crippen LogP contribution in [0.3, 0.4) is 0 Å². The maximum Gasteiger partial charge on any atom is 0.0556 e. The molecule has 1 aromatic carbocycles. The number of nitrogens with zero attached hydrogens (tertiary/aromatic N) is 1. The molecule has 0 spiro atoms. The Balaban J connectivity index is 2.00. The predicted molar refractivity (Wildman–Crippen MR) is 74.6 cm³/mol. The van der Waals surface area contributed by atoms with E-state index in [1.165, 1.54) is 11.3 Å². The van der Waals surface area contributed by atoms with Crippen molar-refractivity contribution in [2.24, 2.45) is 0 Å². The predicted octanol–water partition coefficient (Wildman–Crippen LogP) is 1.92. The molecule has 2 rings (SSSR count). The second kappa shape index (κ2) is 5.85. The van der Waals surface area contributed by atoms with E-state index in [9.17, 15) is 0 Å². The van der Waals surface area contributed by atoms with Gasteiger partial charge < -0.3 is 15.3 Å². The van der Waals surface area contributed by atoms with Crippen LogP contribution in [0.4, 0.5) is 5.69 Å². The fourth-order valence-electron chi connectivity index (χ4n) is 2.39. The van der Waals surface area contributed by atoms with Crippen LogP contribution >= 0.6 is 15.9 Å². The van der Waals surface area contributed by atoms with Gasteiger partial charge in [0.2, 0.25) is 0 Å². The lowest BCUT2D eigenvalue weighted by atomic mass is 10.2. The molecule has 1 fully saturated rings. The van der Waals surface area contributed by atoms with Gasteiger partial charge in [-0.3, -0.25) is 0 Å². The van der Waals surface area contributed by atoms with Crippen LogP contribution in [-0.4, -0.2) is 37.4 Å². The smallest absolute Gasteiger partial charge is 0.0556 e. The molecule has 0 aromatic heterocycles. The van der Waals surface area contributed by atoms with Crippen LogP contribution in [0.1, 0.15) is 12.0 Å². The lowest BCUT2D eigenvalue weighted by Gasteiger charge is -2.21. The SMILES string of the molecule is Cc1cc(Br)ccc1N1CCC(NCCO)C1. The normalized spacial score (nSPS) is 19.9. The fourth-order valence-corrected chi connectivity index (χ4v) is 2.86. The first-order valence-corrected chi connectivity index (χ1v) is 6.85. The molecular formula is C13H19BrN2O. The minimum Gasteiger partial charge on any atom is -0.395 e. The van der Waals surface area contributed by atoms with Crippen LogP contribution in [0, 0.1) is 6.92 Å². The van der Waals surface area contributed by atoms with Gasteiger partial charge in [-0.05, 0) is 37.1 Å². The molecule has 0 amide bonds.